The number of rotatable bonds is 7. The molecule has 0 aromatic carbocycles. The third-order valence-electron chi connectivity index (χ3n) is 5.35. The second-order valence-corrected chi connectivity index (χ2v) is 6.94. The molecule has 0 radical (unpaired) electrons. The summed E-state index contributed by atoms with van der Waals surface area (Å²) in [5.74, 6) is 0.958. The molecule has 1 aliphatic heterocycles. The summed E-state index contributed by atoms with van der Waals surface area (Å²) in [5, 5.41) is 7.07. The van der Waals surface area contributed by atoms with Crippen LogP contribution in [-0.2, 0) is 4.74 Å². The highest BCUT2D eigenvalue weighted by atomic mass is 127. The van der Waals surface area contributed by atoms with Gasteiger partial charge in [-0.05, 0) is 19.3 Å². The van der Waals surface area contributed by atoms with Crippen molar-refractivity contribution >= 4 is 29.9 Å². The molecule has 0 aromatic heterocycles. The van der Waals surface area contributed by atoms with Crippen LogP contribution in [0.4, 0.5) is 0 Å². The first-order chi connectivity index (χ1) is 11.3. The van der Waals surface area contributed by atoms with E-state index in [1.54, 1.807) is 0 Å². The lowest BCUT2D eigenvalue weighted by Crippen LogP contribution is -2.60. The van der Waals surface area contributed by atoms with Crippen molar-refractivity contribution in [1.82, 2.24) is 15.5 Å². The molecule has 0 unspecified atom stereocenters. The first-order valence-electron chi connectivity index (χ1n) is 9.58. The highest BCUT2D eigenvalue weighted by molar-refractivity contribution is 14.0. The molecule has 0 amide bonds. The lowest BCUT2D eigenvalue weighted by Gasteiger charge is -2.48. The number of morpholine rings is 1. The number of aliphatic imine (C=N–C) groups is 1. The first kappa shape index (κ1) is 22.0. The largest absolute Gasteiger partial charge is 0.379 e. The van der Waals surface area contributed by atoms with Crippen molar-refractivity contribution in [3.05, 3.63) is 0 Å². The Hall–Kier alpha value is -0.0800. The number of halogens is 1. The summed E-state index contributed by atoms with van der Waals surface area (Å²) < 4.78 is 5.56. The van der Waals surface area contributed by atoms with Gasteiger partial charge in [-0.15, -0.1) is 24.0 Å². The third kappa shape index (κ3) is 6.67. The van der Waals surface area contributed by atoms with E-state index in [0.29, 0.717) is 5.54 Å². The van der Waals surface area contributed by atoms with Gasteiger partial charge in [-0.25, -0.2) is 0 Å². The maximum atomic E-state index is 5.56. The van der Waals surface area contributed by atoms with Crippen LogP contribution in [0.25, 0.3) is 0 Å². The Labute approximate surface area is 165 Å². The molecule has 142 valence electrons. The van der Waals surface area contributed by atoms with E-state index in [9.17, 15) is 0 Å². The van der Waals surface area contributed by atoms with Crippen LogP contribution in [0.5, 0.6) is 0 Å². The SMILES string of the molecule is CCCCCNC(=NC)NCC1(N2CCOCC2)CCCCC1.I. The Kier molecular flexibility index (Phi) is 11.3. The van der Waals surface area contributed by atoms with Crippen LogP contribution in [0.1, 0.15) is 58.3 Å². The quantitative estimate of drug-likeness (QED) is 0.270. The van der Waals surface area contributed by atoms with Crippen LogP contribution in [-0.4, -0.2) is 62.8 Å². The zero-order chi connectivity index (χ0) is 16.4. The molecule has 2 fully saturated rings. The van der Waals surface area contributed by atoms with Gasteiger partial charge in [0.25, 0.3) is 0 Å². The van der Waals surface area contributed by atoms with E-state index in [1.807, 2.05) is 7.05 Å². The van der Waals surface area contributed by atoms with Crippen molar-refractivity contribution in [2.75, 3.05) is 46.4 Å². The molecule has 2 N–H and O–H groups in total. The van der Waals surface area contributed by atoms with Crippen molar-refractivity contribution in [2.24, 2.45) is 4.99 Å². The smallest absolute Gasteiger partial charge is 0.191 e. The van der Waals surface area contributed by atoms with Gasteiger partial charge < -0.3 is 15.4 Å². The highest BCUT2D eigenvalue weighted by Crippen LogP contribution is 2.33. The second kappa shape index (κ2) is 12.3. The Morgan fingerprint density at radius 3 is 2.42 bits per heavy atom. The fourth-order valence-corrected chi connectivity index (χ4v) is 3.90. The van der Waals surface area contributed by atoms with Gasteiger partial charge >= 0.3 is 0 Å². The number of ether oxygens (including phenoxy) is 1. The zero-order valence-electron chi connectivity index (χ0n) is 15.6. The molecular formula is C18H37IN4O. The van der Waals surface area contributed by atoms with E-state index >= 15 is 0 Å². The number of unbranched alkanes of at least 4 members (excludes halogenated alkanes) is 2. The summed E-state index contributed by atoms with van der Waals surface area (Å²) in [5.41, 5.74) is 0.295. The molecule has 1 heterocycles. The van der Waals surface area contributed by atoms with Crippen LogP contribution < -0.4 is 10.6 Å². The van der Waals surface area contributed by atoms with Crippen molar-refractivity contribution < 1.29 is 4.74 Å². The average Bonchev–Trinajstić information content (AvgIpc) is 2.63. The van der Waals surface area contributed by atoms with Gasteiger partial charge in [0.05, 0.1) is 13.2 Å². The molecule has 1 saturated carbocycles. The molecule has 1 aliphatic carbocycles. The fourth-order valence-electron chi connectivity index (χ4n) is 3.90. The molecule has 0 aromatic rings. The molecule has 5 nitrogen and oxygen atoms in total. The molecule has 2 rings (SSSR count). The average molecular weight is 452 g/mol. The van der Waals surface area contributed by atoms with E-state index in [-0.39, 0.29) is 24.0 Å². The molecule has 1 saturated heterocycles. The Morgan fingerprint density at radius 2 is 1.79 bits per heavy atom. The standard InChI is InChI=1S/C18H36N4O.HI/c1-3-4-8-11-20-17(19-2)21-16-18(9-6-5-7-10-18)22-12-14-23-15-13-22;/h3-16H2,1-2H3,(H2,19,20,21);1H. The topological polar surface area (TPSA) is 48.9 Å². The Balaban J connectivity index is 0.00000288. The van der Waals surface area contributed by atoms with Crippen molar-refractivity contribution in [3.8, 4) is 0 Å². The zero-order valence-corrected chi connectivity index (χ0v) is 17.9. The number of hydrogen-bond acceptors (Lipinski definition) is 3. The van der Waals surface area contributed by atoms with Crippen LogP contribution in [0, 0.1) is 0 Å². The third-order valence-corrected chi connectivity index (χ3v) is 5.35. The summed E-state index contributed by atoms with van der Waals surface area (Å²) in [6.45, 7) is 8.16. The maximum absolute atomic E-state index is 5.56. The Bertz CT molecular complexity index is 353. The molecular weight excluding hydrogens is 415 g/mol. The van der Waals surface area contributed by atoms with Gasteiger partial charge in [-0.2, -0.15) is 0 Å². The molecule has 0 spiro atoms. The lowest BCUT2D eigenvalue weighted by molar-refractivity contribution is -0.0352. The summed E-state index contributed by atoms with van der Waals surface area (Å²) in [6, 6.07) is 0. The predicted molar refractivity (Wildman–Crippen MR) is 113 cm³/mol. The van der Waals surface area contributed by atoms with Crippen LogP contribution in [0.3, 0.4) is 0 Å². The van der Waals surface area contributed by atoms with E-state index in [2.05, 4.69) is 27.4 Å². The van der Waals surface area contributed by atoms with E-state index in [0.717, 1.165) is 45.4 Å². The Morgan fingerprint density at radius 1 is 1.08 bits per heavy atom. The predicted octanol–water partition coefficient (Wildman–Crippen LogP) is 2.99. The summed E-state index contributed by atoms with van der Waals surface area (Å²) in [6.07, 6.45) is 10.4. The van der Waals surface area contributed by atoms with Crippen LogP contribution in [0.15, 0.2) is 4.99 Å². The van der Waals surface area contributed by atoms with Crippen molar-refractivity contribution in [1.29, 1.82) is 0 Å². The summed E-state index contributed by atoms with van der Waals surface area (Å²) >= 11 is 0. The van der Waals surface area contributed by atoms with Crippen molar-refractivity contribution in [3.63, 3.8) is 0 Å². The van der Waals surface area contributed by atoms with Gasteiger partial charge in [-0.1, -0.05) is 39.0 Å². The summed E-state index contributed by atoms with van der Waals surface area (Å²) in [7, 11) is 1.87. The van der Waals surface area contributed by atoms with E-state index in [1.165, 1.54) is 51.4 Å². The molecule has 0 bridgehead atoms. The van der Waals surface area contributed by atoms with Crippen LogP contribution >= 0.6 is 24.0 Å². The fraction of sp³-hybridized carbons (Fsp3) is 0.944. The van der Waals surface area contributed by atoms with Gasteiger partial charge in [0.15, 0.2) is 5.96 Å². The lowest BCUT2D eigenvalue weighted by atomic mass is 9.80. The minimum Gasteiger partial charge on any atom is -0.379 e. The normalized spacial score (nSPS) is 21.8. The minimum atomic E-state index is 0. The number of nitrogens with zero attached hydrogens (tertiary/aromatic N) is 2. The highest BCUT2D eigenvalue weighted by Gasteiger charge is 2.38. The number of hydrogen-bond donors (Lipinski definition) is 2. The minimum absolute atomic E-state index is 0. The van der Waals surface area contributed by atoms with E-state index < -0.39 is 0 Å². The number of guanidine groups is 1. The van der Waals surface area contributed by atoms with Gasteiger partial charge in [0.1, 0.15) is 0 Å². The van der Waals surface area contributed by atoms with Gasteiger partial charge in [0.2, 0.25) is 0 Å². The molecule has 24 heavy (non-hydrogen) atoms. The van der Waals surface area contributed by atoms with Crippen LogP contribution in [0.2, 0.25) is 0 Å². The van der Waals surface area contributed by atoms with Crippen molar-refractivity contribution in [2.45, 2.75) is 63.8 Å². The van der Waals surface area contributed by atoms with E-state index in [4.69, 9.17) is 4.74 Å². The molecule has 0 atom stereocenters. The first-order valence-corrected chi connectivity index (χ1v) is 9.58. The summed E-state index contributed by atoms with van der Waals surface area (Å²) in [4.78, 5) is 7.07. The number of nitrogens with one attached hydrogen (secondary N) is 2. The molecule has 6 heteroatoms. The van der Waals surface area contributed by atoms with Gasteiger partial charge in [-0.3, -0.25) is 9.89 Å². The molecule has 2 aliphatic rings. The second-order valence-electron chi connectivity index (χ2n) is 6.94. The monoisotopic (exact) mass is 452 g/mol. The van der Waals surface area contributed by atoms with Gasteiger partial charge in [0, 0.05) is 38.8 Å². The maximum Gasteiger partial charge on any atom is 0.191 e.